The lowest BCUT2D eigenvalue weighted by molar-refractivity contribution is 0.239. The summed E-state index contributed by atoms with van der Waals surface area (Å²) in [5, 5.41) is 3.30. The van der Waals surface area contributed by atoms with Crippen molar-refractivity contribution in [2.75, 3.05) is 52.5 Å². The molecule has 0 spiro atoms. The Morgan fingerprint density at radius 2 is 1.80 bits per heavy atom. The molecule has 1 aliphatic heterocycles. The first-order valence-electron chi connectivity index (χ1n) is 8.89. The number of piperazine rings is 1. The minimum absolute atomic E-state index is 0.196. The second-order valence-electron chi connectivity index (χ2n) is 5.82. The van der Waals surface area contributed by atoms with Crippen LogP contribution in [0.15, 0.2) is 23.1 Å². The van der Waals surface area contributed by atoms with Crippen molar-refractivity contribution in [3.8, 4) is 11.5 Å². The molecule has 0 unspecified atom stereocenters. The number of ether oxygens (including phenoxy) is 2. The molecule has 0 aromatic heterocycles. The van der Waals surface area contributed by atoms with E-state index in [0.717, 1.165) is 39.1 Å². The van der Waals surface area contributed by atoms with Crippen LogP contribution in [0.5, 0.6) is 11.5 Å². The largest absolute Gasteiger partial charge is 0.490 e. The summed E-state index contributed by atoms with van der Waals surface area (Å²) < 4.78 is 38.6. The second kappa shape index (κ2) is 9.96. The van der Waals surface area contributed by atoms with Crippen LogP contribution < -0.4 is 19.5 Å². The van der Waals surface area contributed by atoms with Crippen LogP contribution >= 0.6 is 0 Å². The van der Waals surface area contributed by atoms with Gasteiger partial charge >= 0.3 is 0 Å². The normalized spacial score (nSPS) is 15.9. The number of benzene rings is 1. The van der Waals surface area contributed by atoms with Gasteiger partial charge in [-0.25, -0.2) is 13.1 Å². The number of nitrogens with one attached hydrogen (secondary N) is 2. The monoisotopic (exact) mass is 371 g/mol. The van der Waals surface area contributed by atoms with E-state index in [1.165, 1.54) is 6.07 Å². The maximum Gasteiger partial charge on any atom is 0.240 e. The molecule has 1 aromatic rings. The van der Waals surface area contributed by atoms with Gasteiger partial charge in [0.2, 0.25) is 10.0 Å². The molecule has 0 aliphatic carbocycles. The molecule has 1 heterocycles. The van der Waals surface area contributed by atoms with Gasteiger partial charge in [0.05, 0.1) is 18.1 Å². The van der Waals surface area contributed by atoms with E-state index in [1.54, 1.807) is 12.1 Å². The first-order valence-corrected chi connectivity index (χ1v) is 10.4. The van der Waals surface area contributed by atoms with E-state index < -0.39 is 10.0 Å². The molecule has 0 atom stereocenters. The maximum atomic E-state index is 12.5. The van der Waals surface area contributed by atoms with Gasteiger partial charge in [0.25, 0.3) is 0 Å². The molecule has 1 aliphatic rings. The minimum atomic E-state index is -3.55. The summed E-state index contributed by atoms with van der Waals surface area (Å²) in [6.07, 6.45) is 0.786. The Labute approximate surface area is 150 Å². The van der Waals surface area contributed by atoms with Gasteiger partial charge in [-0.2, -0.15) is 0 Å². The molecule has 1 fully saturated rings. The number of sulfonamides is 1. The van der Waals surface area contributed by atoms with Crippen molar-refractivity contribution in [1.82, 2.24) is 14.9 Å². The highest BCUT2D eigenvalue weighted by Crippen LogP contribution is 2.30. The molecule has 0 amide bonds. The van der Waals surface area contributed by atoms with Gasteiger partial charge < -0.3 is 19.7 Å². The topological polar surface area (TPSA) is 79.9 Å². The highest BCUT2D eigenvalue weighted by atomic mass is 32.2. The number of rotatable bonds is 10. The van der Waals surface area contributed by atoms with E-state index >= 15 is 0 Å². The Balaban J connectivity index is 1.92. The number of hydrogen-bond acceptors (Lipinski definition) is 6. The van der Waals surface area contributed by atoms with E-state index in [1.807, 2.05) is 13.8 Å². The second-order valence-corrected chi connectivity index (χ2v) is 7.58. The Bertz CT molecular complexity index is 631. The third-order valence-corrected chi connectivity index (χ3v) is 5.44. The molecule has 8 heteroatoms. The Kier molecular flexibility index (Phi) is 7.95. The average molecular weight is 372 g/mol. The highest BCUT2D eigenvalue weighted by Gasteiger charge is 2.17. The highest BCUT2D eigenvalue weighted by molar-refractivity contribution is 7.89. The molecule has 0 saturated carbocycles. The zero-order chi connectivity index (χ0) is 18.1. The van der Waals surface area contributed by atoms with Gasteiger partial charge in [-0.1, -0.05) is 0 Å². The quantitative estimate of drug-likeness (QED) is 0.599. The molecule has 0 radical (unpaired) electrons. The summed E-state index contributed by atoms with van der Waals surface area (Å²) >= 11 is 0. The molecule has 25 heavy (non-hydrogen) atoms. The summed E-state index contributed by atoms with van der Waals surface area (Å²) in [7, 11) is -3.55. The predicted octanol–water partition coefficient (Wildman–Crippen LogP) is 1.06. The molecule has 7 nitrogen and oxygen atoms in total. The van der Waals surface area contributed by atoms with Gasteiger partial charge in [0.15, 0.2) is 11.5 Å². The zero-order valence-electron chi connectivity index (χ0n) is 15.1. The summed E-state index contributed by atoms with van der Waals surface area (Å²) in [4.78, 5) is 2.54. The third-order valence-electron chi connectivity index (χ3n) is 3.98. The van der Waals surface area contributed by atoms with Crippen molar-refractivity contribution in [3.63, 3.8) is 0 Å². The van der Waals surface area contributed by atoms with Gasteiger partial charge in [-0.05, 0) is 38.9 Å². The van der Waals surface area contributed by atoms with Crippen LogP contribution in [0, 0.1) is 0 Å². The van der Waals surface area contributed by atoms with Crippen LogP contribution in [0.25, 0.3) is 0 Å². The molecule has 1 aromatic carbocycles. The fourth-order valence-electron chi connectivity index (χ4n) is 2.73. The molecule has 2 rings (SSSR count). The maximum absolute atomic E-state index is 12.5. The standard InChI is InChI=1S/C17H29N3O4S/c1-3-23-16-7-6-15(14-17(16)24-4-2)25(21,22)19-8-5-11-20-12-9-18-10-13-20/h6-7,14,18-19H,3-5,8-13H2,1-2H3. The average Bonchev–Trinajstić information content (AvgIpc) is 2.61. The fraction of sp³-hybridized carbons (Fsp3) is 0.647. The van der Waals surface area contributed by atoms with Crippen LogP contribution in [-0.4, -0.2) is 65.8 Å². The van der Waals surface area contributed by atoms with Crippen LogP contribution in [0.4, 0.5) is 0 Å². The van der Waals surface area contributed by atoms with Crippen molar-refractivity contribution in [1.29, 1.82) is 0 Å². The lowest BCUT2D eigenvalue weighted by atomic mass is 10.3. The summed E-state index contributed by atoms with van der Waals surface area (Å²) in [5.74, 6) is 1.01. The Morgan fingerprint density at radius 3 is 2.48 bits per heavy atom. The zero-order valence-corrected chi connectivity index (χ0v) is 15.9. The molecule has 0 bridgehead atoms. The Morgan fingerprint density at radius 1 is 1.12 bits per heavy atom. The van der Waals surface area contributed by atoms with E-state index in [0.29, 0.717) is 31.3 Å². The number of hydrogen-bond donors (Lipinski definition) is 2. The van der Waals surface area contributed by atoms with Crippen molar-refractivity contribution in [2.45, 2.75) is 25.2 Å². The fourth-order valence-corrected chi connectivity index (χ4v) is 3.81. The molecular weight excluding hydrogens is 342 g/mol. The minimum Gasteiger partial charge on any atom is -0.490 e. The van der Waals surface area contributed by atoms with Crippen molar-refractivity contribution in [3.05, 3.63) is 18.2 Å². The first-order chi connectivity index (χ1) is 12.1. The SMILES string of the molecule is CCOc1ccc(S(=O)(=O)NCCCN2CCNCC2)cc1OCC. The van der Waals surface area contributed by atoms with Gasteiger partial charge in [0, 0.05) is 38.8 Å². The summed E-state index contributed by atoms with van der Waals surface area (Å²) in [5.41, 5.74) is 0. The smallest absolute Gasteiger partial charge is 0.240 e. The van der Waals surface area contributed by atoms with Crippen LogP contribution in [-0.2, 0) is 10.0 Å². The van der Waals surface area contributed by atoms with Crippen molar-refractivity contribution >= 4 is 10.0 Å². The molecule has 142 valence electrons. The molecular formula is C17H29N3O4S. The van der Waals surface area contributed by atoms with E-state index in [4.69, 9.17) is 9.47 Å². The van der Waals surface area contributed by atoms with Gasteiger partial charge in [0.1, 0.15) is 0 Å². The van der Waals surface area contributed by atoms with E-state index in [-0.39, 0.29) is 4.90 Å². The van der Waals surface area contributed by atoms with Gasteiger partial charge in [-0.15, -0.1) is 0 Å². The summed E-state index contributed by atoms with van der Waals surface area (Å²) in [6.45, 7) is 10.0. The molecule has 2 N–H and O–H groups in total. The van der Waals surface area contributed by atoms with Crippen molar-refractivity contribution in [2.24, 2.45) is 0 Å². The van der Waals surface area contributed by atoms with Crippen LogP contribution in [0.2, 0.25) is 0 Å². The lowest BCUT2D eigenvalue weighted by Gasteiger charge is -2.27. The molecule has 1 saturated heterocycles. The predicted molar refractivity (Wildman–Crippen MR) is 97.9 cm³/mol. The van der Waals surface area contributed by atoms with E-state index in [9.17, 15) is 8.42 Å². The van der Waals surface area contributed by atoms with E-state index in [2.05, 4.69) is 14.9 Å². The summed E-state index contributed by atoms with van der Waals surface area (Å²) in [6, 6.07) is 4.71. The number of nitrogens with zero attached hydrogens (tertiary/aromatic N) is 1. The van der Waals surface area contributed by atoms with Gasteiger partial charge in [-0.3, -0.25) is 0 Å². The lowest BCUT2D eigenvalue weighted by Crippen LogP contribution is -2.44. The van der Waals surface area contributed by atoms with Crippen LogP contribution in [0.1, 0.15) is 20.3 Å². The Hall–Kier alpha value is -1.35. The van der Waals surface area contributed by atoms with Crippen LogP contribution in [0.3, 0.4) is 0 Å². The van der Waals surface area contributed by atoms with Crippen molar-refractivity contribution < 1.29 is 17.9 Å². The first kappa shape index (κ1) is 20.0. The third kappa shape index (κ3) is 6.14.